The maximum absolute atomic E-state index is 10.0. The number of hydrogen-bond donors (Lipinski definition) is 3. The Labute approximate surface area is 184 Å². The molecule has 3 rings (SSSR count). The standard InChI is InChI=1S/3C6H5NO3.Fe/c3*8-6-3-1-5(2-4-6)7(9)10;/h3*1-4,8H;/q;;;+3. The molecule has 0 saturated heterocycles. The van der Waals surface area contributed by atoms with Crippen LogP contribution in [0, 0.1) is 30.3 Å². The van der Waals surface area contributed by atoms with Crippen LogP contribution >= 0.6 is 0 Å². The molecule has 3 N–H and O–H groups in total. The van der Waals surface area contributed by atoms with E-state index in [4.69, 9.17) is 15.3 Å². The molecule has 161 valence electrons. The number of phenolic OH excluding ortho intramolecular Hbond substituents is 3. The van der Waals surface area contributed by atoms with Crippen LogP contribution in [0.1, 0.15) is 0 Å². The Hall–Kier alpha value is -4.22. The molecule has 3 aromatic carbocycles. The van der Waals surface area contributed by atoms with Gasteiger partial charge < -0.3 is 15.3 Å². The average Bonchev–Trinajstić information content (AvgIpc) is 2.70. The monoisotopic (exact) mass is 473 g/mol. The van der Waals surface area contributed by atoms with Gasteiger partial charge >= 0.3 is 17.1 Å². The molecule has 0 fully saturated rings. The van der Waals surface area contributed by atoms with Crippen LogP contribution in [0.5, 0.6) is 17.2 Å². The summed E-state index contributed by atoms with van der Waals surface area (Å²) in [6, 6.07) is 15.1. The molecule has 31 heavy (non-hydrogen) atoms. The van der Waals surface area contributed by atoms with Crippen LogP contribution in [0.25, 0.3) is 0 Å². The SMILES string of the molecule is O=[N+]([O-])c1ccc(O)cc1.O=[N+]([O-])c1ccc(O)cc1.O=[N+]([O-])c1ccc(O)cc1.[Fe+3]. The van der Waals surface area contributed by atoms with Gasteiger partial charge in [0.05, 0.1) is 14.8 Å². The second-order valence-electron chi connectivity index (χ2n) is 5.32. The molecule has 0 aromatic heterocycles. The smallest absolute Gasteiger partial charge is 0.508 e. The van der Waals surface area contributed by atoms with Crippen molar-refractivity contribution >= 4 is 17.1 Å². The minimum atomic E-state index is -0.514. The fourth-order valence-electron chi connectivity index (χ4n) is 1.72. The number of phenols is 3. The molecule has 3 aromatic rings. The molecule has 13 heteroatoms. The minimum Gasteiger partial charge on any atom is -0.508 e. The zero-order valence-corrected chi connectivity index (χ0v) is 16.5. The molecular formula is C18H15FeN3O9+3. The van der Waals surface area contributed by atoms with E-state index in [-0.39, 0.29) is 51.4 Å². The first-order valence-electron chi connectivity index (χ1n) is 7.90. The van der Waals surface area contributed by atoms with Gasteiger partial charge in [0.2, 0.25) is 0 Å². The molecule has 0 amide bonds. The number of hydrogen-bond acceptors (Lipinski definition) is 9. The second-order valence-corrected chi connectivity index (χ2v) is 5.32. The fourth-order valence-corrected chi connectivity index (χ4v) is 1.72. The predicted molar refractivity (Wildman–Crippen MR) is 104 cm³/mol. The van der Waals surface area contributed by atoms with Gasteiger partial charge in [-0.25, -0.2) is 0 Å². The molecule has 0 bridgehead atoms. The van der Waals surface area contributed by atoms with Crippen molar-refractivity contribution in [1.29, 1.82) is 0 Å². The van der Waals surface area contributed by atoms with Crippen LogP contribution < -0.4 is 0 Å². The Morgan fingerprint density at radius 1 is 0.452 bits per heavy atom. The number of benzene rings is 3. The third-order valence-corrected chi connectivity index (χ3v) is 3.18. The van der Waals surface area contributed by atoms with Crippen LogP contribution in [0.15, 0.2) is 72.8 Å². The Morgan fingerprint density at radius 3 is 0.742 bits per heavy atom. The van der Waals surface area contributed by atoms with Gasteiger partial charge in [0.1, 0.15) is 17.2 Å². The summed E-state index contributed by atoms with van der Waals surface area (Å²) in [7, 11) is 0. The van der Waals surface area contributed by atoms with Gasteiger partial charge in [0.25, 0.3) is 17.1 Å². The van der Waals surface area contributed by atoms with E-state index in [0.29, 0.717) is 0 Å². The quantitative estimate of drug-likeness (QED) is 0.288. The zero-order chi connectivity index (χ0) is 22.7. The summed E-state index contributed by atoms with van der Waals surface area (Å²) in [5.41, 5.74) is -0.0478. The van der Waals surface area contributed by atoms with Crippen molar-refractivity contribution in [2.24, 2.45) is 0 Å². The van der Waals surface area contributed by atoms with Crippen molar-refractivity contribution in [3.8, 4) is 17.2 Å². The third kappa shape index (κ3) is 10.2. The van der Waals surface area contributed by atoms with Crippen molar-refractivity contribution in [1.82, 2.24) is 0 Å². The van der Waals surface area contributed by atoms with Crippen molar-refractivity contribution < 1.29 is 47.2 Å². The summed E-state index contributed by atoms with van der Waals surface area (Å²) in [6.07, 6.45) is 0. The van der Waals surface area contributed by atoms with E-state index in [1.165, 1.54) is 72.8 Å². The number of nitrogens with zero attached hydrogens (tertiary/aromatic N) is 3. The zero-order valence-electron chi connectivity index (χ0n) is 15.4. The summed E-state index contributed by atoms with van der Waals surface area (Å²) in [5, 5.41) is 56.3. The predicted octanol–water partition coefficient (Wildman–Crippen LogP) is 3.90. The van der Waals surface area contributed by atoms with Gasteiger partial charge in [-0.15, -0.1) is 0 Å². The molecule has 12 nitrogen and oxygen atoms in total. The third-order valence-electron chi connectivity index (χ3n) is 3.18. The number of non-ortho nitro benzene ring substituents is 3. The van der Waals surface area contributed by atoms with Crippen molar-refractivity contribution in [3.63, 3.8) is 0 Å². The van der Waals surface area contributed by atoms with Crippen molar-refractivity contribution in [2.75, 3.05) is 0 Å². The Kier molecular flexibility index (Phi) is 11.3. The maximum atomic E-state index is 10.0. The summed E-state index contributed by atoms with van der Waals surface area (Å²) >= 11 is 0. The molecule has 0 atom stereocenters. The Balaban J connectivity index is 0.000000429. The van der Waals surface area contributed by atoms with E-state index >= 15 is 0 Å². The minimum absolute atomic E-state index is 0. The molecule has 0 unspecified atom stereocenters. The van der Waals surface area contributed by atoms with E-state index in [2.05, 4.69) is 0 Å². The van der Waals surface area contributed by atoms with Crippen molar-refractivity contribution in [2.45, 2.75) is 0 Å². The first-order chi connectivity index (χ1) is 14.1. The summed E-state index contributed by atoms with van der Waals surface area (Å²) in [5.74, 6) is 0.0989. The van der Waals surface area contributed by atoms with E-state index in [1.807, 2.05) is 0 Å². The van der Waals surface area contributed by atoms with Gasteiger partial charge in [-0.05, 0) is 36.4 Å². The van der Waals surface area contributed by atoms with E-state index in [1.54, 1.807) is 0 Å². The molecule has 0 saturated carbocycles. The summed E-state index contributed by atoms with van der Waals surface area (Å²) < 4.78 is 0. The topological polar surface area (TPSA) is 190 Å². The molecular weight excluding hydrogens is 458 g/mol. The first-order valence-corrected chi connectivity index (χ1v) is 7.90. The van der Waals surface area contributed by atoms with Crippen LogP contribution in [0.2, 0.25) is 0 Å². The molecule has 0 aliphatic carbocycles. The van der Waals surface area contributed by atoms with Gasteiger partial charge in [-0.1, -0.05) is 0 Å². The number of nitro benzene ring substituents is 3. The Bertz CT molecular complexity index is 863. The fraction of sp³-hybridized carbons (Fsp3) is 0. The van der Waals surface area contributed by atoms with Crippen molar-refractivity contribution in [3.05, 3.63) is 103 Å². The van der Waals surface area contributed by atoms with E-state index in [0.717, 1.165) is 0 Å². The van der Waals surface area contributed by atoms with E-state index in [9.17, 15) is 30.3 Å². The normalized spacial score (nSPS) is 8.90. The van der Waals surface area contributed by atoms with E-state index < -0.39 is 14.8 Å². The number of nitro groups is 3. The largest absolute Gasteiger partial charge is 3.00 e. The van der Waals surface area contributed by atoms with Gasteiger partial charge in [0, 0.05) is 36.4 Å². The van der Waals surface area contributed by atoms with Crippen LogP contribution in [0.4, 0.5) is 17.1 Å². The molecule has 0 spiro atoms. The summed E-state index contributed by atoms with van der Waals surface area (Å²) in [6.45, 7) is 0. The Morgan fingerprint density at radius 2 is 0.613 bits per heavy atom. The molecule has 0 aliphatic heterocycles. The molecule has 0 heterocycles. The van der Waals surface area contributed by atoms with Crippen LogP contribution in [-0.4, -0.2) is 30.1 Å². The first kappa shape index (κ1) is 26.8. The average molecular weight is 473 g/mol. The molecule has 0 aliphatic rings. The van der Waals surface area contributed by atoms with Gasteiger partial charge in [-0.3, -0.25) is 30.3 Å². The van der Waals surface area contributed by atoms with Gasteiger partial charge in [0.15, 0.2) is 0 Å². The number of aromatic hydroxyl groups is 3. The second kappa shape index (κ2) is 13.1. The molecule has 1 radical (unpaired) electrons. The van der Waals surface area contributed by atoms with Gasteiger partial charge in [-0.2, -0.15) is 0 Å². The van der Waals surface area contributed by atoms with Crippen LogP contribution in [0.3, 0.4) is 0 Å². The maximum Gasteiger partial charge on any atom is 3.00 e. The van der Waals surface area contributed by atoms with Crippen LogP contribution in [-0.2, 0) is 17.1 Å². The summed E-state index contributed by atoms with van der Waals surface area (Å²) in [4.78, 5) is 28.6. The number of rotatable bonds is 3.